The quantitative estimate of drug-likeness (QED) is 0.301. The van der Waals surface area contributed by atoms with Crippen LogP contribution in [0.5, 0.6) is 0 Å². The van der Waals surface area contributed by atoms with E-state index in [1.165, 1.54) is 32.1 Å². The van der Waals surface area contributed by atoms with Crippen LogP contribution in [0.1, 0.15) is 58.8 Å². The van der Waals surface area contributed by atoms with Crippen LogP contribution in [-0.2, 0) is 9.53 Å². The van der Waals surface area contributed by atoms with Gasteiger partial charge in [0.25, 0.3) is 0 Å². The van der Waals surface area contributed by atoms with E-state index in [2.05, 4.69) is 22.1 Å². The summed E-state index contributed by atoms with van der Waals surface area (Å²) in [6.07, 6.45) is 8.34. The van der Waals surface area contributed by atoms with Gasteiger partial charge in [-0.1, -0.05) is 19.8 Å². The molecular formula is C18H34IN3O2. The van der Waals surface area contributed by atoms with Gasteiger partial charge in [0.1, 0.15) is 0 Å². The van der Waals surface area contributed by atoms with Gasteiger partial charge in [-0.3, -0.25) is 9.79 Å². The van der Waals surface area contributed by atoms with Crippen LogP contribution in [0, 0.1) is 11.3 Å². The SMILES string of the molecule is CCOC(=O)C1CCN(C(=NC)NCC2(CC)CCCC2)CC1.I. The van der Waals surface area contributed by atoms with E-state index in [0.717, 1.165) is 38.4 Å². The first-order chi connectivity index (χ1) is 11.1. The molecule has 0 aromatic carbocycles. The highest BCUT2D eigenvalue weighted by Gasteiger charge is 2.33. The Hall–Kier alpha value is -0.530. The van der Waals surface area contributed by atoms with E-state index in [1.54, 1.807) is 0 Å². The number of guanidine groups is 1. The lowest BCUT2D eigenvalue weighted by molar-refractivity contribution is -0.149. The number of likely N-dealkylation sites (tertiary alicyclic amines) is 1. The summed E-state index contributed by atoms with van der Waals surface area (Å²) in [6, 6.07) is 0. The predicted molar refractivity (Wildman–Crippen MR) is 109 cm³/mol. The summed E-state index contributed by atoms with van der Waals surface area (Å²) < 4.78 is 5.14. The van der Waals surface area contributed by atoms with Gasteiger partial charge in [0.2, 0.25) is 0 Å². The molecule has 0 radical (unpaired) electrons. The minimum Gasteiger partial charge on any atom is -0.466 e. The smallest absolute Gasteiger partial charge is 0.309 e. The number of nitrogens with zero attached hydrogens (tertiary/aromatic N) is 2. The summed E-state index contributed by atoms with van der Waals surface area (Å²) in [6.45, 7) is 7.42. The Morgan fingerprint density at radius 3 is 2.38 bits per heavy atom. The average Bonchev–Trinajstić information content (AvgIpc) is 3.06. The average molecular weight is 451 g/mol. The van der Waals surface area contributed by atoms with E-state index >= 15 is 0 Å². The molecule has 0 aromatic rings. The molecule has 2 aliphatic rings. The predicted octanol–water partition coefficient (Wildman–Crippen LogP) is 3.43. The molecule has 2 rings (SSSR count). The van der Waals surface area contributed by atoms with Crippen molar-refractivity contribution in [3.8, 4) is 0 Å². The number of ether oxygens (including phenoxy) is 1. The number of carbonyl (C=O) groups excluding carboxylic acids is 1. The Morgan fingerprint density at radius 1 is 1.25 bits per heavy atom. The van der Waals surface area contributed by atoms with Gasteiger partial charge in [-0.25, -0.2) is 0 Å². The van der Waals surface area contributed by atoms with Crippen molar-refractivity contribution in [2.45, 2.75) is 58.8 Å². The maximum Gasteiger partial charge on any atom is 0.309 e. The fraction of sp³-hybridized carbons (Fsp3) is 0.889. The summed E-state index contributed by atoms with van der Waals surface area (Å²) in [4.78, 5) is 18.6. The van der Waals surface area contributed by atoms with E-state index in [-0.39, 0.29) is 35.9 Å². The summed E-state index contributed by atoms with van der Waals surface area (Å²) in [7, 11) is 1.85. The normalized spacial score (nSPS) is 21.3. The van der Waals surface area contributed by atoms with Crippen LogP contribution in [0.3, 0.4) is 0 Å². The minimum absolute atomic E-state index is 0. The fourth-order valence-corrected chi connectivity index (χ4v) is 3.97. The highest BCUT2D eigenvalue weighted by atomic mass is 127. The third-order valence-corrected chi connectivity index (χ3v) is 5.66. The number of carbonyl (C=O) groups is 1. The Morgan fingerprint density at radius 2 is 1.88 bits per heavy atom. The molecule has 1 heterocycles. The maximum absolute atomic E-state index is 11.8. The first-order valence-corrected chi connectivity index (χ1v) is 9.26. The molecule has 0 spiro atoms. The van der Waals surface area contributed by atoms with Crippen molar-refractivity contribution in [2.75, 3.05) is 33.3 Å². The molecule has 6 heteroatoms. The van der Waals surface area contributed by atoms with Crippen LogP contribution in [0.2, 0.25) is 0 Å². The molecule has 1 saturated carbocycles. The lowest BCUT2D eigenvalue weighted by Gasteiger charge is -2.35. The number of hydrogen-bond donors (Lipinski definition) is 1. The lowest BCUT2D eigenvalue weighted by Crippen LogP contribution is -2.49. The van der Waals surface area contributed by atoms with Crippen LogP contribution in [-0.4, -0.2) is 50.1 Å². The van der Waals surface area contributed by atoms with Crippen LogP contribution in [0.25, 0.3) is 0 Å². The molecular weight excluding hydrogens is 417 g/mol. The number of aliphatic imine (C=N–C) groups is 1. The van der Waals surface area contributed by atoms with Crippen molar-refractivity contribution < 1.29 is 9.53 Å². The van der Waals surface area contributed by atoms with Crippen LogP contribution in [0.15, 0.2) is 4.99 Å². The van der Waals surface area contributed by atoms with Crippen molar-refractivity contribution in [2.24, 2.45) is 16.3 Å². The van der Waals surface area contributed by atoms with Crippen LogP contribution < -0.4 is 5.32 Å². The summed E-state index contributed by atoms with van der Waals surface area (Å²) >= 11 is 0. The van der Waals surface area contributed by atoms with Gasteiger partial charge in [0, 0.05) is 26.7 Å². The summed E-state index contributed by atoms with van der Waals surface area (Å²) in [5, 5.41) is 3.60. The highest BCUT2D eigenvalue weighted by molar-refractivity contribution is 14.0. The molecule has 2 fully saturated rings. The van der Waals surface area contributed by atoms with Gasteiger partial charge < -0.3 is 15.0 Å². The number of nitrogens with one attached hydrogen (secondary N) is 1. The van der Waals surface area contributed by atoms with E-state index in [4.69, 9.17) is 4.74 Å². The van der Waals surface area contributed by atoms with Crippen molar-refractivity contribution in [3.05, 3.63) is 0 Å². The summed E-state index contributed by atoms with van der Waals surface area (Å²) in [5.74, 6) is 1.01. The molecule has 0 amide bonds. The third kappa shape index (κ3) is 5.49. The maximum atomic E-state index is 11.8. The van der Waals surface area contributed by atoms with E-state index in [0.29, 0.717) is 12.0 Å². The fourth-order valence-electron chi connectivity index (χ4n) is 3.97. The number of esters is 1. The van der Waals surface area contributed by atoms with E-state index in [9.17, 15) is 4.79 Å². The van der Waals surface area contributed by atoms with Gasteiger partial charge in [-0.2, -0.15) is 0 Å². The highest BCUT2D eigenvalue weighted by Crippen LogP contribution is 2.40. The Bertz CT molecular complexity index is 414. The molecule has 1 aliphatic carbocycles. The van der Waals surface area contributed by atoms with Gasteiger partial charge in [-0.05, 0) is 44.4 Å². The largest absolute Gasteiger partial charge is 0.466 e. The standard InChI is InChI=1S/C18H33N3O2.HI/c1-4-18(10-6-7-11-18)14-20-17(19-3)21-12-8-15(9-13-21)16(22)23-5-2;/h15H,4-14H2,1-3H3,(H,19,20);1H. The van der Waals surface area contributed by atoms with E-state index in [1.807, 2.05) is 14.0 Å². The first kappa shape index (κ1) is 21.5. The summed E-state index contributed by atoms with van der Waals surface area (Å²) in [5.41, 5.74) is 0.458. The number of rotatable bonds is 5. The second-order valence-electron chi connectivity index (χ2n) is 6.97. The van der Waals surface area contributed by atoms with Crippen molar-refractivity contribution in [3.63, 3.8) is 0 Å². The van der Waals surface area contributed by atoms with Crippen LogP contribution in [0.4, 0.5) is 0 Å². The lowest BCUT2D eigenvalue weighted by atomic mass is 9.83. The second-order valence-corrected chi connectivity index (χ2v) is 6.97. The zero-order valence-electron chi connectivity index (χ0n) is 15.5. The number of piperidine rings is 1. The molecule has 1 aliphatic heterocycles. The van der Waals surface area contributed by atoms with Crippen molar-refractivity contribution in [1.29, 1.82) is 0 Å². The molecule has 0 atom stereocenters. The van der Waals surface area contributed by atoms with Crippen molar-refractivity contribution in [1.82, 2.24) is 10.2 Å². The molecule has 0 aromatic heterocycles. The third-order valence-electron chi connectivity index (χ3n) is 5.66. The van der Waals surface area contributed by atoms with Crippen LogP contribution >= 0.6 is 24.0 Å². The minimum atomic E-state index is -0.0361. The molecule has 1 saturated heterocycles. The number of hydrogen-bond acceptors (Lipinski definition) is 3. The molecule has 24 heavy (non-hydrogen) atoms. The van der Waals surface area contributed by atoms with Crippen molar-refractivity contribution >= 4 is 35.9 Å². The van der Waals surface area contributed by atoms with Gasteiger partial charge in [-0.15, -0.1) is 24.0 Å². The molecule has 140 valence electrons. The molecule has 0 unspecified atom stereocenters. The van der Waals surface area contributed by atoms with Gasteiger partial charge >= 0.3 is 5.97 Å². The number of halogens is 1. The van der Waals surface area contributed by atoms with Gasteiger partial charge in [0.15, 0.2) is 5.96 Å². The zero-order chi connectivity index (χ0) is 16.7. The Kier molecular flexibility index (Phi) is 9.37. The Balaban J connectivity index is 0.00000288. The monoisotopic (exact) mass is 451 g/mol. The topological polar surface area (TPSA) is 53.9 Å². The molecule has 5 nitrogen and oxygen atoms in total. The first-order valence-electron chi connectivity index (χ1n) is 9.26. The molecule has 0 bridgehead atoms. The van der Waals surface area contributed by atoms with Gasteiger partial charge in [0.05, 0.1) is 12.5 Å². The Labute approximate surface area is 164 Å². The van der Waals surface area contributed by atoms with E-state index < -0.39 is 0 Å². The second kappa shape index (κ2) is 10.5. The zero-order valence-corrected chi connectivity index (χ0v) is 17.8. The molecule has 1 N–H and O–H groups in total.